The van der Waals surface area contributed by atoms with Gasteiger partial charge in [-0.1, -0.05) is 19.3 Å². The molecule has 120 valence electrons. The zero-order valence-electron chi connectivity index (χ0n) is 12.9. The zero-order chi connectivity index (χ0) is 15.4. The summed E-state index contributed by atoms with van der Waals surface area (Å²) in [4.78, 5) is 18.7. The first-order valence-electron chi connectivity index (χ1n) is 8.33. The van der Waals surface area contributed by atoms with Gasteiger partial charge in [-0.05, 0) is 25.0 Å². The van der Waals surface area contributed by atoms with Gasteiger partial charge in [0, 0.05) is 55.7 Å². The van der Waals surface area contributed by atoms with Crippen LogP contribution in [0.1, 0.15) is 42.5 Å². The van der Waals surface area contributed by atoms with Gasteiger partial charge in [-0.2, -0.15) is 0 Å². The van der Waals surface area contributed by atoms with E-state index in [1.165, 1.54) is 32.1 Å². The number of hydrogen-bond acceptors (Lipinski definition) is 4. The highest BCUT2D eigenvalue weighted by molar-refractivity contribution is 5.94. The maximum Gasteiger partial charge on any atom is 0.251 e. The van der Waals surface area contributed by atoms with Crippen LogP contribution in [0.15, 0.2) is 24.5 Å². The van der Waals surface area contributed by atoms with Crippen molar-refractivity contribution in [1.29, 1.82) is 0 Å². The molecule has 22 heavy (non-hydrogen) atoms. The molecule has 2 fully saturated rings. The van der Waals surface area contributed by atoms with E-state index in [9.17, 15) is 9.90 Å². The fourth-order valence-corrected chi connectivity index (χ4v) is 3.75. The molecule has 3 rings (SSSR count). The molecule has 0 bridgehead atoms. The highest BCUT2D eigenvalue weighted by atomic mass is 16.3. The zero-order valence-corrected chi connectivity index (χ0v) is 12.9. The molecule has 0 unspecified atom stereocenters. The second-order valence-electron chi connectivity index (χ2n) is 6.50. The third-order valence-electron chi connectivity index (χ3n) is 5.05. The minimum atomic E-state index is -0.0728. The number of nitrogens with one attached hydrogen (secondary N) is 1. The number of aliphatic hydroxyl groups excluding tert-OH is 1. The third-order valence-corrected chi connectivity index (χ3v) is 5.05. The molecule has 5 heteroatoms. The van der Waals surface area contributed by atoms with E-state index in [4.69, 9.17) is 0 Å². The van der Waals surface area contributed by atoms with Crippen LogP contribution in [0, 0.1) is 5.92 Å². The van der Waals surface area contributed by atoms with Gasteiger partial charge in [-0.3, -0.25) is 14.7 Å². The van der Waals surface area contributed by atoms with Crippen LogP contribution in [0.25, 0.3) is 0 Å². The van der Waals surface area contributed by atoms with Crippen LogP contribution in [-0.4, -0.2) is 52.7 Å². The molecular weight excluding hydrogens is 278 g/mol. The summed E-state index contributed by atoms with van der Waals surface area (Å²) in [5.74, 6) is 0.0593. The maximum absolute atomic E-state index is 12.3. The third kappa shape index (κ3) is 3.47. The number of aromatic nitrogens is 1. The molecule has 1 amide bonds. The van der Waals surface area contributed by atoms with Gasteiger partial charge in [0.1, 0.15) is 0 Å². The van der Waals surface area contributed by atoms with Crippen molar-refractivity contribution in [3.8, 4) is 0 Å². The molecule has 2 N–H and O–H groups in total. The molecule has 1 saturated heterocycles. The van der Waals surface area contributed by atoms with Gasteiger partial charge >= 0.3 is 0 Å². The highest BCUT2D eigenvalue weighted by Crippen LogP contribution is 2.28. The number of aliphatic hydroxyl groups is 1. The van der Waals surface area contributed by atoms with Gasteiger partial charge in [-0.15, -0.1) is 0 Å². The summed E-state index contributed by atoms with van der Waals surface area (Å²) in [6, 6.07) is 4.10. The molecule has 0 radical (unpaired) electrons. The van der Waals surface area contributed by atoms with Crippen molar-refractivity contribution in [3.63, 3.8) is 0 Å². The van der Waals surface area contributed by atoms with Crippen LogP contribution >= 0.6 is 0 Å². The molecule has 0 aromatic carbocycles. The van der Waals surface area contributed by atoms with Gasteiger partial charge in [0.05, 0.1) is 0 Å². The van der Waals surface area contributed by atoms with E-state index in [0.29, 0.717) is 11.6 Å². The molecule has 5 nitrogen and oxygen atoms in total. The van der Waals surface area contributed by atoms with Gasteiger partial charge < -0.3 is 10.4 Å². The SMILES string of the molecule is O=C(N[C@@H]1CN(C2CCCCC2)C[C@H]1CO)c1ccncc1. The van der Waals surface area contributed by atoms with Crippen molar-refractivity contribution < 1.29 is 9.90 Å². The Morgan fingerprint density at radius 1 is 1.23 bits per heavy atom. The number of carbonyl (C=O) groups is 1. The number of pyridine rings is 1. The Bertz CT molecular complexity index is 488. The summed E-state index contributed by atoms with van der Waals surface area (Å²) in [5, 5.41) is 12.7. The first kappa shape index (κ1) is 15.4. The van der Waals surface area contributed by atoms with Crippen molar-refractivity contribution in [3.05, 3.63) is 30.1 Å². The average molecular weight is 303 g/mol. The summed E-state index contributed by atoms with van der Waals surface area (Å²) < 4.78 is 0. The predicted molar refractivity (Wildman–Crippen MR) is 84.5 cm³/mol. The van der Waals surface area contributed by atoms with Crippen molar-refractivity contribution in [2.75, 3.05) is 19.7 Å². The van der Waals surface area contributed by atoms with E-state index in [-0.39, 0.29) is 24.5 Å². The van der Waals surface area contributed by atoms with Crippen LogP contribution in [0.3, 0.4) is 0 Å². The van der Waals surface area contributed by atoms with Crippen molar-refractivity contribution in [2.45, 2.75) is 44.2 Å². The van der Waals surface area contributed by atoms with E-state index in [2.05, 4.69) is 15.2 Å². The number of carbonyl (C=O) groups excluding carboxylic acids is 1. The van der Waals surface area contributed by atoms with Crippen molar-refractivity contribution in [2.24, 2.45) is 5.92 Å². The summed E-state index contributed by atoms with van der Waals surface area (Å²) in [5.41, 5.74) is 0.628. The average Bonchev–Trinajstić information content (AvgIpc) is 2.99. The summed E-state index contributed by atoms with van der Waals surface area (Å²) in [6.07, 6.45) is 9.71. The quantitative estimate of drug-likeness (QED) is 0.883. The highest BCUT2D eigenvalue weighted by Gasteiger charge is 2.36. The van der Waals surface area contributed by atoms with Gasteiger partial charge in [0.2, 0.25) is 0 Å². The number of rotatable bonds is 4. The molecule has 1 aliphatic carbocycles. The summed E-state index contributed by atoms with van der Waals surface area (Å²) in [7, 11) is 0. The van der Waals surface area contributed by atoms with Crippen molar-refractivity contribution >= 4 is 5.91 Å². The van der Waals surface area contributed by atoms with Gasteiger partial charge in [0.25, 0.3) is 5.91 Å². The molecular formula is C17H25N3O2. The van der Waals surface area contributed by atoms with E-state index in [1.54, 1.807) is 24.5 Å². The van der Waals surface area contributed by atoms with Crippen LogP contribution in [-0.2, 0) is 0 Å². The second kappa shape index (κ2) is 7.20. The lowest BCUT2D eigenvalue weighted by atomic mass is 9.94. The standard InChI is InChI=1S/C17H25N3O2/c21-12-14-10-20(15-4-2-1-3-5-15)11-16(14)19-17(22)13-6-8-18-9-7-13/h6-9,14-16,21H,1-5,10-12H2,(H,19,22)/t14-,16+/m0/s1. The normalized spacial score (nSPS) is 27.0. The molecule has 1 aromatic rings. The van der Waals surface area contributed by atoms with E-state index < -0.39 is 0 Å². The topological polar surface area (TPSA) is 65.5 Å². The molecule has 2 heterocycles. The van der Waals surface area contributed by atoms with Crippen LogP contribution < -0.4 is 5.32 Å². The number of hydrogen-bond donors (Lipinski definition) is 2. The molecule has 2 atom stereocenters. The monoisotopic (exact) mass is 303 g/mol. The Hall–Kier alpha value is -1.46. The first-order chi connectivity index (χ1) is 10.8. The number of nitrogens with zero attached hydrogens (tertiary/aromatic N) is 2. The lowest BCUT2D eigenvalue weighted by molar-refractivity contribution is 0.0920. The predicted octanol–water partition coefficient (Wildman–Crippen LogP) is 1.44. The summed E-state index contributed by atoms with van der Waals surface area (Å²) in [6.45, 7) is 1.87. The second-order valence-corrected chi connectivity index (χ2v) is 6.50. The van der Waals surface area contributed by atoms with E-state index in [0.717, 1.165) is 13.1 Å². The first-order valence-corrected chi connectivity index (χ1v) is 8.33. The fraction of sp³-hybridized carbons (Fsp3) is 0.647. The Balaban J connectivity index is 1.61. The van der Waals surface area contributed by atoms with Gasteiger partial charge in [-0.25, -0.2) is 0 Å². The molecule has 2 aliphatic rings. The Labute approximate surface area is 131 Å². The van der Waals surface area contributed by atoms with E-state index >= 15 is 0 Å². The Morgan fingerprint density at radius 3 is 2.64 bits per heavy atom. The molecule has 1 saturated carbocycles. The lowest BCUT2D eigenvalue weighted by Crippen LogP contribution is -2.42. The minimum Gasteiger partial charge on any atom is -0.396 e. The van der Waals surface area contributed by atoms with Crippen LogP contribution in [0.5, 0.6) is 0 Å². The Kier molecular flexibility index (Phi) is 5.05. The Morgan fingerprint density at radius 2 is 1.95 bits per heavy atom. The number of likely N-dealkylation sites (tertiary alicyclic amines) is 1. The van der Waals surface area contributed by atoms with Gasteiger partial charge in [0.15, 0.2) is 0 Å². The molecule has 0 spiro atoms. The summed E-state index contributed by atoms with van der Waals surface area (Å²) >= 11 is 0. The smallest absolute Gasteiger partial charge is 0.251 e. The molecule has 1 aromatic heterocycles. The largest absolute Gasteiger partial charge is 0.396 e. The van der Waals surface area contributed by atoms with Crippen LogP contribution in [0.4, 0.5) is 0 Å². The molecule has 1 aliphatic heterocycles. The van der Waals surface area contributed by atoms with Crippen LogP contribution in [0.2, 0.25) is 0 Å². The van der Waals surface area contributed by atoms with E-state index in [1.807, 2.05) is 0 Å². The maximum atomic E-state index is 12.3. The van der Waals surface area contributed by atoms with Crippen molar-refractivity contribution in [1.82, 2.24) is 15.2 Å². The lowest BCUT2D eigenvalue weighted by Gasteiger charge is -2.31. The fourth-order valence-electron chi connectivity index (χ4n) is 3.75. The minimum absolute atomic E-state index is 0.0348. The number of amides is 1.